The van der Waals surface area contributed by atoms with Crippen LogP contribution in [0, 0.1) is 5.92 Å². The Bertz CT molecular complexity index is 4870. The number of benzene rings is 10. The highest BCUT2D eigenvalue weighted by atomic mass is 79.9. The van der Waals surface area contributed by atoms with E-state index in [0.29, 0.717) is 35.8 Å². The minimum Gasteiger partial charge on any atom is -0.478 e. The van der Waals surface area contributed by atoms with Crippen LogP contribution in [-0.2, 0) is 4.74 Å². The number of alkyl halides is 1. The highest BCUT2D eigenvalue weighted by Crippen LogP contribution is 2.36. The molecule has 0 radical (unpaired) electrons. The van der Waals surface area contributed by atoms with Gasteiger partial charge in [-0.1, -0.05) is 245 Å². The lowest BCUT2D eigenvalue weighted by Gasteiger charge is -2.51. The van der Waals surface area contributed by atoms with Gasteiger partial charge in [0.05, 0.1) is 17.6 Å². The highest BCUT2D eigenvalue weighted by molar-refractivity contribution is 9.10. The summed E-state index contributed by atoms with van der Waals surface area (Å²) in [4.78, 5) is 104. The van der Waals surface area contributed by atoms with Crippen LogP contribution in [0.1, 0.15) is 110 Å². The van der Waals surface area contributed by atoms with E-state index in [1.54, 1.807) is 24.3 Å². The Morgan fingerprint density at radius 2 is 0.600 bits per heavy atom. The first-order valence-corrected chi connectivity index (χ1v) is 45.4. The van der Waals surface area contributed by atoms with Crippen molar-refractivity contribution in [3.05, 3.63) is 356 Å². The van der Waals surface area contributed by atoms with Crippen LogP contribution >= 0.6 is 55.1 Å². The van der Waals surface area contributed by atoms with Gasteiger partial charge in [0.1, 0.15) is 0 Å². The van der Waals surface area contributed by atoms with E-state index in [2.05, 4.69) is 200 Å². The van der Waals surface area contributed by atoms with Gasteiger partial charge in [0, 0.05) is 224 Å². The smallest absolute Gasteiger partial charge is 0.405 e. The van der Waals surface area contributed by atoms with Crippen LogP contribution in [0.15, 0.2) is 300 Å². The lowest BCUT2D eigenvalue weighted by Crippen LogP contribution is -2.64. The number of carbonyl (C=O) groups excluding carboxylic acids is 6. The van der Waals surface area contributed by atoms with E-state index < -0.39 is 17.0 Å². The number of carbonyl (C=O) groups is 7. The number of rotatable bonds is 16. The number of nitrogens with zero attached hydrogens (tertiary/aromatic N) is 10. The van der Waals surface area contributed by atoms with Crippen LogP contribution in [-0.4, -0.2) is 276 Å². The molecule has 8 heterocycles. The van der Waals surface area contributed by atoms with Crippen molar-refractivity contribution < 1.29 is 43.4 Å². The predicted molar refractivity (Wildman–Crippen MR) is 502 cm³/mol. The van der Waals surface area contributed by atoms with E-state index in [9.17, 15) is 33.6 Å². The number of piperazine rings is 4. The molecule has 8 fully saturated rings. The molecule has 10 aromatic rings. The van der Waals surface area contributed by atoms with E-state index in [4.69, 9.17) is 28.3 Å². The molecule has 25 heteroatoms. The molecule has 8 saturated heterocycles. The Labute approximate surface area is 762 Å². The molecule has 8 aliphatic rings. The summed E-state index contributed by atoms with van der Waals surface area (Å²) < 4.78 is 6.00. The molecule has 1 unspecified atom stereocenters. The van der Waals surface area contributed by atoms with Gasteiger partial charge in [-0.25, -0.2) is 9.59 Å². The Morgan fingerprint density at radius 3 is 0.872 bits per heavy atom. The molecule has 3 N–H and O–H groups in total. The highest BCUT2D eigenvalue weighted by Gasteiger charge is 2.41. The molecular weight excluding hydrogens is 1740 g/mol. The van der Waals surface area contributed by atoms with Crippen LogP contribution < -0.4 is 10.6 Å². The summed E-state index contributed by atoms with van der Waals surface area (Å²) in [6.07, 6.45) is 0. The maximum Gasteiger partial charge on any atom is 0.405 e. The third-order valence-electron chi connectivity index (χ3n) is 23.4. The van der Waals surface area contributed by atoms with Gasteiger partial charge < -0.3 is 45.0 Å². The van der Waals surface area contributed by atoms with Crippen molar-refractivity contribution in [1.29, 1.82) is 0 Å². The first-order valence-electron chi connectivity index (χ1n) is 43.0. The Morgan fingerprint density at radius 1 is 0.336 bits per heavy atom. The van der Waals surface area contributed by atoms with Gasteiger partial charge in [0.2, 0.25) is 0 Å². The molecule has 0 saturated carbocycles. The molecule has 1 atom stereocenters. The topological polar surface area (TPSA) is 205 Å². The third-order valence-corrected chi connectivity index (χ3v) is 24.6. The second-order valence-electron chi connectivity index (χ2n) is 32.0. The number of aromatic carboxylic acids is 1. The van der Waals surface area contributed by atoms with Crippen LogP contribution in [0.2, 0.25) is 0 Å². The molecule has 8 aliphatic heterocycles. The molecular formula is C100H112Br2Cl2N12O9. The molecule has 21 nitrogen and oxygen atoms in total. The number of ether oxygens (including phenoxy) is 1. The fraction of sp³-hybridized carbons (Fsp3) is 0.330. The molecule has 0 aromatic heterocycles. The van der Waals surface area contributed by atoms with E-state index in [1.807, 2.05) is 170 Å². The summed E-state index contributed by atoms with van der Waals surface area (Å²) >= 11 is 16.5. The summed E-state index contributed by atoms with van der Waals surface area (Å²) in [5, 5.41) is 15.0. The van der Waals surface area contributed by atoms with Gasteiger partial charge in [-0.3, -0.25) is 48.5 Å². The number of likely N-dealkylation sites (tertiary alicyclic amines) is 3. The maximum atomic E-state index is 12.7. The van der Waals surface area contributed by atoms with Crippen LogP contribution in [0.25, 0.3) is 0 Å². The number of amides is 5. The van der Waals surface area contributed by atoms with Crippen molar-refractivity contribution in [2.45, 2.75) is 49.6 Å². The summed E-state index contributed by atoms with van der Waals surface area (Å²) in [5.74, 6) is 0.609. The molecule has 5 amide bonds. The number of halogens is 4. The number of hydrogen-bond donors (Lipinski definition) is 3. The molecule has 0 aliphatic carbocycles. The van der Waals surface area contributed by atoms with Gasteiger partial charge in [-0.15, -0.1) is 0 Å². The Hall–Kier alpha value is -10.3. The lowest BCUT2D eigenvalue weighted by molar-refractivity contribution is -0.00734. The fourth-order valence-electron chi connectivity index (χ4n) is 16.3. The van der Waals surface area contributed by atoms with Crippen molar-refractivity contribution in [3.63, 3.8) is 0 Å². The van der Waals surface area contributed by atoms with E-state index in [-0.39, 0.29) is 29.5 Å². The average Bonchev–Trinajstić information content (AvgIpc) is 0.798. The molecule has 0 bridgehead atoms. The molecule has 18 rings (SSSR count). The first kappa shape index (κ1) is 93.9. The Kier molecular flexibility index (Phi) is 36.4. The average molecular weight is 1860 g/mol. The van der Waals surface area contributed by atoms with Crippen LogP contribution in [0.4, 0.5) is 4.79 Å². The SMILES string of the molecule is CC(Cl)OC(=O)Cl.CC1CN(C(c2ccccc2)c2ccccc2)C1.O=C(O)c1ccc(Br)cc1.O=C(c1ccccc1)N1CCN(C2CN(C(=O)c3ccc(Br)cc3)C2)CC1.O=C(c1ccccc1)N1CCN(C2CN(C(c3ccccc3)c3ccccc3)C2)CC1.O=C(c1ccccc1)N1CCN(C2CNC2)CC1.O=C(c1ccccc1)N1CCNCC1. The van der Waals surface area contributed by atoms with E-state index in [0.717, 1.165) is 187 Å². The fourth-order valence-corrected chi connectivity index (χ4v) is 17.1. The zero-order chi connectivity index (χ0) is 87.8. The quantitative estimate of drug-likeness (QED) is 0.0608. The van der Waals surface area contributed by atoms with Gasteiger partial charge in [0.25, 0.3) is 29.5 Å². The minimum absolute atomic E-state index is 0.0941. The Balaban J connectivity index is 0.000000139. The molecule has 0 spiro atoms. The second-order valence-corrected chi connectivity index (χ2v) is 34.8. The third kappa shape index (κ3) is 27.9. The zero-order valence-corrected chi connectivity index (χ0v) is 75.6. The van der Waals surface area contributed by atoms with Crippen molar-refractivity contribution in [3.8, 4) is 0 Å². The molecule has 125 heavy (non-hydrogen) atoms. The predicted octanol–water partition coefficient (Wildman–Crippen LogP) is 15.6. The normalized spacial score (nSPS) is 17.3. The van der Waals surface area contributed by atoms with Gasteiger partial charge in [-0.05, 0) is 132 Å². The second kappa shape index (κ2) is 48.5. The summed E-state index contributed by atoms with van der Waals surface area (Å²) in [5.41, 5.74) is 8.17. The number of carboxylic acids is 1. The number of hydrogen-bond acceptors (Lipinski definition) is 15. The van der Waals surface area contributed by atoms with Crippen LogP contribution in [0.3, 0.4) is 0 Å². The summed E-state index contributed by atoms with van der Waals surface area (Å²) in [7, 11) is 0. The van der Waals surface area contributed by atoms with Crippen molar-refractivity contribution >= 4 is 96.0 Å². The molecule has 654 valence electrons. The molecule has 10 aromatic carbocycles. The number of nitrogens with one attached hydrogen (secondary N) is 2. The van der Waals surface area contributed by atoms with Crippen LogP contribution in [0.5, 0.6) is 0 Å². The monoisotopic (exact) mass is 1850 g/mol. The first-order chi connectivity index (χ1) is 60.8. The van der Waals surface area contributed by atoms with E-state index >= 15 is 0 Å². The van der Waals surface area contributed by atoms with Crippen molar-refractivity contribution in [2.24, 2.45) is 5.92 Å². The minimum atomic E-state index is -0.896. The summed E-state index contributed by atoms with van der Waals surface area (Å²) in [6, 6.07) is 97.8. The van der Waals surface area contributed by atoms with Gasteiger partial charge in [-0.2, -0.15) is 0 Å². The van der Waals surface area contributed by atoms with Crippen molar-refractivity contribution in [1.82, 2.24) is 59.6 Å². The lowest BCUT2D eigenvalue weighted by atomic mass is 9.91. The van der Waals surface area contributed by atoms with Gasteiger partial charge >= 0.3 is 11.4 Å². The van der Waals surface area contributed by atoms with Gasteiger partial charge in [0.15, 0.2) is 5.56 Å². The number of carboxylic acid groups (broad SMARTS) is 1. The standard InChI is InChI=1S/C27H29N3O.C21H22BrN3O2.C17H19N.C14H19N3O.C11H14N2O.C7H5BrO2.C3H4Cl2O2/c31-27(24-14-8-3-9-15-24)29-18-16-28(17-19-29)25-20-30(21-25)26(22-10-4-1-5-11-22)23-12-6-2-7-13-23;22-18-8-6-17(7-9-18)21(27)25-14-19(15-25)23-10-12-24(13-11-23)20(26)16-4-2-1-3-5-16;1-14-12-18(13-14)17(15-8-4-2-5-9-15)16-10-6-3-7-11-16;18-14(12-4-2-1-3-5-12)17-8-6-16(7-9-17)13-10-15-11-13;14-11(10-4-2-1-3-5-10)13-8-6-12-7-9-13;8-6-3-1-5(2-4-6)7(9)10;1-2(4)7-3(5)6/h1-15,25-26H,16-21H2;1-9,19H,10-15H2;2-11,14,17H,12-13H2,1H3;1-5,13,15H,6-11H2;1-5,12H,6-9H2;1-4H,(H,9,10);2H,1H3. The van der Waals surface area contributed by atoms with Crippen molar-refractivity contribution in [2.75, 3.05) is 157 Å². The zero-order valence-electron chi connectivity index (χ0n) is 70.9. The maximum absolute atomic E-state index is 12.7. The summed E-state index contributed by atoms with van der Waals surface area (Å²) in [6.45, 7) is 26.0. The largest absolute Gasteiger partial charge is 0.478 e. The van der Waals surface area contributed by atoms with E-state index in [1.165, 1.54) is 42.3 Å².